The number of anilines is 2. The van der Waals surface area contributed by atoms with E-state index in [-0.39, 0.29) is 29.5 Å². The largest absolute Gasteiger partial charge is 0.352 e. The molecule has 0 aliphatic heterocycles. The number of nitrogens with one attached hydrogen (secondary N) is 3. The van der Waals surface area contributed by atoms with Gasteiger partial charge in [-0.3, -0.25) is 19.1 Å². The molecule has 0 saturated heterocycles. The summed E-state index contributed by atoms with van der Waals surface area (Å²) in [5.41, 5.74) is 1.66. The lowest BCUT2D eigenvalue weighted by Crippen LogP contribution is -2.28. The number of aliphatic imine (C=N–C) groups is 1. The standard InChI is InChI=1S/C25H31F2N7O2S/c1-13(9-18(28-2)21(26)27)31-25-33-30-12-34(25)16-7-8-19-17(10-16)20(23(36)29-11-14-3-4-14)24(37-19)32-22(35)15-5-6-15/h9,12,14-16,21H,3-8,10-11H2,1-2H3,(H,29,36)(H,31,33)(H,32,35)/b13-9+,28-18+/t16-/m0/s1. The molecule has 2 amide bonds. The van der Waals surface area contributed by atoms with Crippen LogP contribution in [0.1, 0.15) is 65.9 Å². The van der Waals surface area contributed by atoms with Crippen molar-refractivity contribution in [2.45, 2.75) is 64.3 Å². The molecule has 12 heteroatoms. The predicted molar refractivity (Wildman–Crippen MR) is 139 cm³/mol. The average Bonchev–Trinajstić information content (AvgIpc) is 3.80. The van der Waals surface area contributed by atoms with Crippen LogP contribution in [0.3, 0.4) is 0 Å². The minimum atomic E-state index is -2.67. The molecule has 3 N–H and O–H groups in total. The van der Waals surface area contributed by atoms with E-state index in [0.29, 0.717) is 41.1 Å². The van der Waals surface area contributed by atoms with E-state index >= 15 is 0 Å². The van der Waals surface area contributed by atoms with Crippen LogP contribution in [0, 0.1) is 11.8 Å². The number of amides is 2. The molecule has 0 bridgehead atoms. The minimum absolute atomic E-state index is 0.0160. The fourth-order valence-electron chi connectivity index (χ4n) is 4.60. The lowest BCUT2D eigenvalue weighted by Gasteiger charge is -2.25. The van der Waals surface area contributed by atoms with Gasteiger partial charge in [-0.1, -0.05) is 0 Å². The first kappa shape index (κ1) is 25.5. The number of thiophene rings is 1. The second-order valence-corrected chi connectivity index (χ2v) is 11.1. The number of hydrogen-bond acceptors (Lipinski definition) is 7. The van der Waals surface area contributed by atoms with E-state index in [2.05, 4.69) is 31.1 Å². The molecule has 3 aliphatic rings. The number of aryl methyl sites for hydroxylation is 1. The number of halogens is 2. The zero-order chi connectivity index (χ0) is 26.1. The van der Waals surface area contributed by atoms with Crippen LogP contribution in [0.5, 0.6) is 0 Å². The Kier molecular flexibility index (Phi) is 7.36. The fraction of sp³-hybridized carbons (Fsp3) is 0.560. The molecule has 9 nitrogen and oxygen atoms in total. The molecule has 2 heterocycles. The SMILES string of the molecule is C/N=C(\C=C(/C)Nc1nncn1[C@H]1CCc2sc(NC(=O)C3CC3)c(C(=O)NCC3CC3)c2C1)C(F)F. The molecule has 2 aromatic rings. The van der Waals surface area contributed by atoms with E-state index in [9.17, 15) is 18.4 Å². The highest BCUT2D eigenvalue weighted by atomic mass is 32.1. The Labute approximate surface area is 217 Å². The highest BCUT2D eigenvalue weighted by Crippen LogP contribution is 2.42. The van der Waals surface area contributed by atoms with Crippen LogP contribution in [0.4, 0.5) is 19.7 Å². The molecule has 198 valence electrons. The Balaban J connectivity index is 1.38. The Morgan fingerprint density at radius 1 is 1.24 bits per heavy atom. The highest BCUT2D eigenvalue weighted by Gasteiger charge is 2.35. The Hall–Kier alpha value is -3.15. The molecule has 0 aromatic carbocycles. The van der Waals surface area contributed by atoms with Gasteiger partial charge in [0.15, 0.2) is 0 Å². The van der Waals surface area contributed by atoms with E-state index in [0.717, 1.165) is 49.0 Å². The summed E-state index contributed by atoms with van der Waals surface area (Å²) in [7, 11) is 1.33. The molecule has 2 aromatic heterocycles. The molecule has 3 aliphatic carbocycles. The molecule has 0 radical (unpaired) electrons. The van der Waals surface area contributed by atoms with E-state index in [1.54, 1.807) is 13.3 Å². The van der Waals surface area contributed by atoms with Crippen molar-refractivity contribution in [1.82, 2.24) is 20.1 Å². The number of aromatic nitrogens is 3. The summed E-state index contributed by atoms with van der Waals surface area (Å²) in [6, 6.07) is -0.0382. The van der Waals surface area contributed by atoms with Gasteiger partial charge in [0.1, 0.15) is 17.0 Å². The third kappa shape index (κ3) is 5.89. The maximum absolute atomic E-state index is 13.3. The number of rotatable bonds is 10. The third-order valence-corrected chi connectivity index (χ3v) is 8.22. The molecular weight excluding hydrogens is 500 g/mol. The maximum atomic E-state index is 13.3. The quantitative estimate of drug-likeness (QED) is 0.398. The maximum Gasteiger partial charge on any atom is 0.279 e. The zero-order valence-corrected chi connectivity index (χ0v) is 21.7. The lowest BCUT2D eigenvalue weighted by molar-refractivity contribution is -0.117. The van der Waals surface area contributed by atoms with Crippen LogP contribution in [0.25, 0.3) is 0 Å². The fourth-order valence-corrected chi connectivity index (χ4v) is 5.84. The number of fused-ring (bicyclic) bond motifs is 1. The molecule has 2 fully saturated rings. The minimum Gasteiger partial charge on any atom is -0.352 e. The molecule has 0 unspecified atom stereocenters. The van der Waals surface area contributed by atoms with Crippen LogP contribution in [0.2, 0.25) is 0 Å². The van der Waals surface area contributed by atoms with Crippen LogP contribution in [0.15, 0.2) is 23.1 Å². The van der Waals surface area contributed by atoms with Gasteiger partial charge in [0.2, 0.25) is 11.9 Å². The summed E-state index contributed by atoms with van der Waals surface area (Å²) in [4.78, 5) is 30.6. The van der Waals surface area contributed by atoms with Gasteiger partial charge in [0.25, 0.3) is 12.3 Å². The Morgan fingerprint density at radius 2 is 2.03 bits per heavy atom. The number of carbonyl (C=O) groups excluding carboxylic acids is 2. The van der Waals surface area contributed by atoms with Crippen molar-refractivity contribution < 1.29 is 18.4 Å². The van der Waals surface area contributed by atoms with Crippen LogP contribution >= 0.6 is 11.3 Å². The van der Waals surface area contributed by atoms with Crippen molar-refractivity contribution in [3.05, 3.63) is 34.1 Å². The first-order chi connectivity index (χ1) is 17.8. The van der Waals surface area contributed by atoms with Gasteiger partial charge in [-0.2, -0.15) is 0 Å². The van der Waals surface area contributed by atoms with Crippen molar-refractivity contribution in [3.8, 4) is 0 Å². The van der Waals surface area contributed by atoms with E-state index in [4.69, 9.17) is 0 Å². The van der Waals surface area contributed by atoms with Gasteiger partial charge in [-0.05, 0) is 69.4 Å². The second-order valence-electron chi connectivity index (χ2n) is 9.98. The summed E-state index contributed by atoms with van der Waals surface area (Å²) in [6.45, 7) is 2.32. The summed E-state index contributed by atoms with van der Waals surface area (Å²) in [5, 5.41) is 18.0. The van der Waals surface area contributed by atoms with Crippen molar-refractivity contribution >= 4 is 39.8 Å². The number of alkyl halides is 2. The third-order valence-electron chi connectivity index (χ3n) is 7.02. The molecule has 0 spiro atoms. The van der Waals surface area contributed by atoms with Crippen molar-refractivity contribution in [3.63, 3.8) is 0 Å². The average molecular weight is 532 g/mol. The van der Waals surface area contributed by atoms with Crippen molar-refractivity contribution in [2.75, 3.05) is 24.2 Å². The molecule has 37 heavy (non-hydrogen) atoms. The van der Waals surface area contributed by atoms with Crippen molar-refractivity contribution in [2.24, 2.45) is 16.8 Å². The number of carbonyl (C=O) groups is 2. The van der Waals surface area contributed by atoms with Gasteiger partial charge in [0, 0.05) is 36.1 Å². The second kappa shape index (κ2) is 10.7. The first-order valence-electron chi connectivity index (χ1n) is 12.7. The number of allylic oxidation sites excluding steroid dienone is 2. The molecular formula is C25H31F2N7O2S. The lowest BCUT2D eigenvalue weighted by atomic mass is 9.91. The topological polar surface area (TPSA) is 113 Å². The molecule has 2 saturated carbocycles. The highest BCUT2D eigenvalue weighted by molar-refractivity contribution is 7.17. The smallest absolute Gasteiger partial charge is 0.279 e. The first-order valence-corrected chi connectivity index (χ1v) is 13.5. The molecule has 1 atom stereocenters. The van der Waals surface area contributed by atoms with Crippen LogP contribution < -0.4 is 16.0 Å². The van der Waals surface area contributed by atoms with E-state index in [1.165, 1.54) is 24.5 Å². The number of nitrogens with zero attached hydrogens (tertiary/aromatic N) is 4. The van der Waals surface area contributed by atoms with E-state index in [1.807, 2.05) is 4.57 Å². The van der Waals surface area contributed by atoms with Crippen molar-refractivity contribution in [1.29, 1.82) is 0 Å². The van der Waals surface area contributed by atoms with Crippen LogP contribution in [-0.4, -0.2) is 52.3 Å². The Bertz CT molecular complexity index is 1240. The Morgan fingerprint density at radius 3 is 2.70 bits per heavy atom. The van der Waals surface area contributed by atoms with Gasteiger partial charge in [-0.25, -0.2) is 8.78 Å². The van der Waals surface area contributed by atoms with E-state index < -0.39 is 6.43 Å². The predicted octanol–water partition coefficient (Wildman–Crippen LogP) is 4.21. The zero-order valence-electron chi connectivity index (χ0n) is 20.9. The van der Waals surface area contributed by atoms with Gasteiger partial charge in [0.05, 0.1) is 5.56 Å². The summed E-state index contributed by atoms with van der Waals surface area (Å²) < 4.78 is 28.1. The summed E-state index contributed by atoms with van der Waals surface area (Å²) in [5.74, 6) is 0.859. The van der Waals surface area contributed by atoms with Crippen LogP contribution in [-0.2, 0) is 17.6 Å². The molecule has 5 rings (SSSR count). The summed E-state index contributed by atoms with van der Waals surface area (Å²) >= 11 is 1.50. The summed E-state index contributed by atoms with van der Waals surface area (Å²) in [6.07, 6.45) is 6.40. The van der Waals surface area contributed by atoms with Gasteiger partial charge >= 0.3 is 0 Å². The monoisotopic (exact) mass is 531 g/mol. The van der Waals surface area contributed by atoms with Gasteiger partial charge < -0.3 is 16.0 Å². The normalized spacial score (nSPS) is 20.1. The van der Waals surface area contributed by atoms with Gasteiger partial charge in [-0.15, -0.1) is 21.5 Å². The number of hydrogen-bond donors (Lipinski definition) is 3.